The number of ether oxygens (including phenoxy) is 3. The zero-order chi connectivity index (χ0) is 15.7. The van der Waals surface area contributed by atoms with Crippen LogP contribution < -0.4 is 0 Å². The van der Waals surface area contributed by atoms with Crippen molar-refractivity contribution < 1.29 is 14.2 Å². The fraction of sp³-hybridized carbons (Fsp3) is 0.889. The van der Waals surface area contributed by atoms with Crippen LogP contribution in [0.15, 0.2) is 12.3 Å². The van der Waals surface area contributed by atoms with Gasteiger partial charge < -0.3 is 14.2 Å². The fourth-order valence-electron chi connectivity index (χ4n) is 4.24. The van der Waals surface area contributed by atoms with Gasteiger partial charge in [0.25, 0.3) is 0 Å². The molecule has 21 heavy (non-hydrogen) atoms. The molecule has 2 rings (SSSR count). The lowest BCUT2D eigenvalue weighted by Crippen LogP contribution is -2.51. The Morgan fingerprint density at radius 1 is 1.29 bits per heavy atom. The van der Waals surface area contributed by atoms with Crippen LogP contribution in [-0.4, -0.2) is 24.6 Å². The lowest BCUT2D eigenvalue weighted by atomic mass is 9.68. The lowest BCUT2D eigenvalue weighted by molar-refractivity contribution is -0.196. The first kappa shape index (κ1) is 16.8. The van der Waals surface area contributed by atoms with Crippen molar-refractivity contribution in [3.05, 3.63) is 12.3 Å². The smallest absolute Gasteiger partial charge is 0.163 e. The summed E-state index contributed by atoms with van der Waals surface area (Å²) < 4.78 is 17.9. The van der Waals surface area contributed by atoms with Crippen molar-refractivity contribution in [1.82, 2.24) is 0 Å². The quantitative estimate of drug-likeness (QED) is 0.698. The van der Waals surface area contributed by atoms with Crippen molar-refractivity contribution >= 4 is 0 Å². The summed E-state index contributed by atoms with van der Waals surface area (Å²) in [6.07, 6.45) is 7.38. The molecule has 1 unspecified atom stereocenters. The first-order chi connectivity index (χ1) is 9.76. The molecule has 122 valence electrons. The fourth-order valence-corrected chi connectivity index (χ4v) is 4.24. The van der Waals surface area contributed by atoms with E-state index in [2.05, 4.69) is 26.8 Å². The highest BCUT2D eigenvalue weighted by Crippen LogP contribution is 2.60. The Bertz CT molecular complexity index is 388. The van der Waals surface area contributed by atoms with E-state index in [4.69, 9.17) is 14.2 Å². The van der Waals surface area contributed by atoms with Crippen LogP contribution in [0.5, 0.6) is 0 Å². The van der Waals surface area contributed by atoms with E-state index in [1.807, 2.05) is 27.0 Å². The van der Waals surface area contributed by atoms with Gasteiger partial charge in [-0.3, -0.25) is 0 Å². The van der Waals surface area contributed by atoms with E-state index in [9.17, 15) is 0 Å². The zero-order valence-electron chi connectivity index (χ0n) is 14.6. The molecule has 3 heteroatoms. The largest absolute Gasteiger partial charge is 0.502 e. The van der Waals surface area contributed by atoms with Crippen LogP contribution in [0.2, 0.25) is 0 Å². The molecular weight excluding hydrogens is 264 g/mol. The average molecular weight is 296 g/mol. The van der Waals surface area contributed by atoms with Gasteiger partial charge in [0.05, 0.1) is 19.5 Å². The van der Waals surface area contributed by atoms with Gasteiger partial charge in [-0.1, -0.05) is 20.8 Å². The summed E-state index contributed by atoms with van der Waals surface area (Å²) in [5, 5.41) is 0. The summed E-state index contributed by atoms with van der Waals surface area (Å²) >= 11 is 0. The molecule has 3 atom stereocenters. The topological polar surface area (TPSA) is 27.7 Å². The highest BCUT2D eigenvalue weighted by atomic mass is 16.8. The van der Waals surface area contributed by atoms with Crippen molar-refractivity contribution in [3.8, 4) is 0 Å². The lowest BCUT2D eigenvalue weighted by Gasteiger charge is -2.44. The van der Waals surface area contributed by atoms with E-state index >= 15 is 0 Å². The molecule has 1 saturated carbocycles. The summed E-state index contributed by atoms with van der Waals surface area (Å²) in [5.74, 6) is 0.701. The van der Waals surface area contributed by atoms with E-state index in [0.717, 1.165) is 13.0 Å². The number of allylic oxidation sites excluding steroid dienone is 1. The molecule has 0 radical (unpaired) electrons. The summed E-state index contributed by atoms with van der Waals surface area (Å²) in [6.45, 7) is 14.5. The molecule has 0 amide bonds. The third-order valence-electron chi connectivity index (χ3n) is 5.42. The molecule has 1 aliphatic carbocycles. The Kier molecular flexibility index (Phi) is 4.75. The number of hydrogen-bond acceptors (Lipinski definition) is 3. The second-order valence-electron chi connectivity index (χ2n) is 7.66. The zero-order valence-corrected chi connectivity index (χ0v) is 14.6. The van der Waals surface area contributed by atoms with Crippen LogP contribution in [0, 0.1) is 17.3 Å². The van der Waals surface area contributed by atoms with Crippen molar-refractivity contribution in [1.29, 1.82) is 0 Å². The van der Waals surface area contributed by atoms with Gasteiger partial charge in [0.1, 0.15) is 5.60 Å². The van der Waals surface area contributed by atoms with Crippen LogP contribution in [0.25, 0.3) is 0 Å². The maximum absolute atomic E-state index is 6.55. The summed E-state index contributed by atoms with van der Waals surface area (Å²) in [7, 11) is 0. The van der Waals surface area contributed by atoms with Gasteiger partial charge in [0, 0.05) is 5.41 Å². The van der Waals surface area contributed by atoms with E-state index in [-0.39, 0.29) is 11.0 Å². The summed E-state index contributed by atoms with van der Waals surface area (Å²) in [6, 6.07) is 0. The second-order valence-corrected chi connectivity index (χ2v) is 7.66. The number of rotatable bonds is 5. The third-order valence-corrected chi connectivity index (χ3v) is 5.42. The Hall–Kier alpha value is -0.540. The molecule has 1 aliphatic heterocycles. The van der Waals surface area contributed by atoms with Crippen LogP contribution in [-0.2, 0) is 14.2 Å². The first-order valence-corrected chi connectivity index (χ1v) is 8.37. The molecule has 0 aromatic carbocycles. The van der Waals surface area contributed by atoms with Gasteiger partial charge >= 0.3 is 0 Å². The predicted molar refractivity (Wildman–Crippen MR) is 84.9 cm³/mol. The molecule has 1 saturated heterocycles. The van der Waals surface area contributed by atoms with Gasteiger partial charge in [-0.2, -0.15) is 0 Å². The number of hydrogen-bond donors (Lipinski definition) is 0. The van der Waals surface area contributed by atoms with Crippen LogP contribution in [0.4, 0.5) is 0 Å². The maximum atomic E-state index is 6.55. The average Bonchev–Trinajstić information content (AvgIpc) is 2.85. The monoisotopic (exact) mass is 296 g/mol. The van der Waals surface area contributed by atoms with Crippen LogP contribution in [0.3, 0.4) is 0 Å². The predicted octanol–water partition coefficient (Wildman–Crippen LogP) is 4.52. The molecule has 1 heterocycles. The standard InChI is InChI=1S/C18H32O3/c1-7-19-12-8-10-17(6)11-9-15(14(2)3)18(17)13-20-16(4,5)21-18/h8,12,14-15H,7,9-11,13H2,1-6H3/b12-8+/t15-,17+,18?/m0/s1. The minimum Gasteiger partial charge on any atom is -0.502 e. The van der Waals surface area contributed by atoms with E-state index in [1.54, 1.807) is 0 Å². The third kappa shape index (κ3) is 3.00. The normalized spacial score (nSPS) is 38.9. The van der Waals surface area contributed by atoms with Gasteiger partial charge in [-0.05, 0) is 57.9 Å². The van der Waals surface area contributed by atoms with Gasteiger partial charge in [-0.15, -0.1) is 0 Å². The van der Waals surface area contributed by atoms with Crippen molar-refractivity contribution in [2.75, 3.05) is 13.2 Å². The molecular formula is C18H32O3. The van der Waals surface area contributed by atoms with Crippen LogP contribution >= 0.6 is 0 Å². The minimum absolute atomic E-state index is 0.114. The van der Waals surface area contributed by atoms with Gasteiger partial charge in [0.15, 0.2) is 5.79 Å². The van der Waals surface area contributed by atoms with Gasteiger partial charge in [-0.25, -0.2) is 0 Å². The molecule has 3 nitrogen and oxygen atoms in total. The Balaban J connectivity index is 2.24. The second kappa shape index (κ2) is 5.92. The first-order valence-electron chi connectivity index (χ1n) is 8.37. The van der Waals surface area contributed by atoms with Gasteiger partial charge in [0.2, 0.25) is 0 Å². The molecule has 1 spiro atoms. The van der Waals surface area contributed by atoms with E-state index in [1.165, 1.54) is 12.8 Å². The Labute approximate surface area is 130 Å². The summed E-state index contributed by atoms with van der Waals surface area (Å²) in [5.41, 5.74) is -0.0511. The molecule has 2 fully saturated rings. The van der Waals surface area contributed by atoms with Crippen molar-refractivity contribution in [2.45, 2.75) is 72.2 Å². The SMILES string of the molecule is CCO/C=C/C[C@]1(C)CC[C@@H](C(C)C)C12COC(C)(C)O2. The van der Waals surface area contributed by atoms with E-state index in [0.29, 0.717) is 18.4 Å². The molecule has 0 bridgehead atoms. The summed E-state index contributed by atoms with van der Waals surface area (Å²) in [4.78, 5) is 0. The molecule has 0 N–H and O–H groups in total. The van der Waals surface area contributed by atoms with Crippen LogP contribution in [0.1, 0.15) is 60.8 Å². The highest BCUT2D eigenvalue weighted by molar-refractivity contribution is 5.12. The highest BCUT2D eigenvalue weighted by Gasteiger charge is 2.63. The maximum Gasteiger partial charge on any atom is 0.163 e. The van der Waals surface area contributed by atoms with E-state index < -0.39 is 5.79 Å². The van der Waals surface area contributed by atoms with Crippen molar-refractivity contribution in [3.63, 3.8) is 0 Å². The Morgan fingerprint density at radius 2 is 2.00 bits per heavy atom. The van der Waals surface area contributed by atoms with Crippen molar-refractivity contribution in [2.24, 2.45) is 17.3 Å². The molecule has 2 aliphatic rings. The Morgan fingerprint density at radius 3 is 2.52 bits per heavy atom. The molecule has 0 aromatic heterocycles. The molecule has 0 aromatic rings. The minimum atomic E-state index is -0.470.